The molecule has 3 atom stereocenters. The molecule has 0 amide bonds. The van der Waals surface area contributed by atoms with Crippen LogP contribution in [0.2, 0.25) is 0 Å². The molecule has 0 bridgehead atoms. The molecule has 0 saturated carbocycles. The van der Waals surface area contributed by atoms with E-state index in [1.54, 1.807) is 0 Å². The van der Waals surface area contributed by atoms with E-state index in [0.29, 0.717) is 12.3 Å². The number of rotatable bonds is 10. The van der Waals surface area contributed by atoms with Gasteiger partial charge in [0.1, 0.15) is 0 Å². The van der Waals surface area contributed by atoms with Crippen molar-refractivity contribution in [3.05, 3.63) is 0 Å². The molecule has 0 fully saturated rings. The van der Waals surface area contributed by atoms with Crippen molar-refractivity contribution in [3.63, 3.8) is 0 Å². The summed E-state index contributed by atoms with van der Waals surface area (Å²) in [6.45, 7) is 6.04. The molecule has 18 heavy (non-hydrogen) atoms. The van der Waals surface area contributed by atoms with Gasteiger partial charge in [-0.15, -0.1) is 0 Å². The van der Waals surface area contributed by atoms with Crippen LogP contribution in [-0.4, -0.2) is 22.2 Å². The van der Waals surface area contributed by atoms with Crippen molar-refractivity contribution in [2.75, 3.05) is 0 Å². The van der Waals surface area contributed by atoms with Crippen LogP contribution in [0, 0.1) is 17.8 Å². The maximum atomic E-state index is 11.1. The molecule has 0 aliphatic rings. The van der Waals surface area contributed by atoms with Gasteiger partial charge in [0.2, 0.25) is 0 Å². The predicted molar refractivity (Wildman–Crippen MR) is 70.5 cm³/mol. The lowest BCUT2D eigenvalue weighted by atomic mass is 9.88. The fourth-order valence-corrected chi connectivity index (χ4v) is 2.11. The van der Waals surface area contributed by atoms with E-state index in [-0.39, 0.29) is 18.3 Å². The van der Waals surface area contributed by atoms with E-state index in [9.17, 15) is 9.59 Å². The molecule has 0 aliphatic heterocycles. The summed E-state index contributed by atoms with van der Waals surface area (Å²) < 4.78 is 0. The molecule has 0 radical (unpaired) electrons. The number of hydrogen-bond acceptors (Lipinski definition) is 2. The molecule has 0 aromatic rings. The van der Waals surface area contributed by atoms with E-state index in [0.717, 1.165) is 25.7 Å². The molecule has 0 aromatic heterocycles. The van der Waals surface area contributed by atoms with Crippen LogP contribution in [0.5, 0.6) is 0 Å². The second kappa shape index (κ2) is 8.95. The molecule has 0 rings (SSSR count). The molecule has 106 valence electrons. The fraction of sp³-hybridized carbons (Fsp3) is 0.857. The summed E-state index contributed by atoms with van der Waals surface area (Å²) in [5.74, 6) is -1.22. The number of carboxylic acid groups (broad SMARTS) is 2. The van der Waals surface area contributed by atoms with Gasteiger partial charge in [0, 0.05) is 6.42 Å². The van der Waals surface area contributed by atoms with E-state index < -0.39 is 11.9 Å². The summed E-state index contributed by atoms with van der Waals surface area (Å²) in [7, 11) is 0. The Morgan fingerprint density at radius 2 is 1.67 bits per heavy atom. The van der Waals surface area contributed by atoms with Crippen molar-refractivity contribution in [1.82, 2.24) is 0 Å². The molecule has 4 nitrogen and oxygen atoms in total. The van der Waals surface area contributed by atoms with Crippen molar-refractivity contribution in [3.8, 4) is 0 Å². The Kier molecular flexibility index (Phi) is 8.42. The maximum Gasteiger partial charge on any atom is 0.306 e. The third kappa shape index (κ3) is 8.09. The maximum absolute atomic E-state index is 11.1. The van der Waals surface area contributed by atoms with Crippen molar-refractivity contribution in [2.24, 2.45) is 17.8 Å². The second-order valence-electron chi connectivity index (χ2n) is 5.42. The van der Waals surface area contributed by atoms with Gasteiger partial charge < -0.3 is 10.2 Å². The Balaban J connectivity index is 3.97. The van der Waals surface area contributed by atoms with Crippen LogP contribution in [-0.2, 0) is 9.59 Å². The van der Waals surface area contributed by atoms with Crippen molar-refractivity contribution >= 4 is 11.9 Å². The van der Waals surface area contributed by atoms with Gasteiger partial charge in [-0.1, -0.05) is 40.0 Å². The lowest BCUT2D eigenvalue weighted by Gasteiger charge is -2.17. The standard InChI is InChI=1S/C14H26O4/c1-4-10(2)8-12(14(17)18)7-5-6-11(3)9-13(15)16/h10-12H,4-9H2,1-3H3,(H,15,16)(H,17,18). The average molecular weight is 258 g/mol. The minimum atomic E-state index is -0.781. The molecule has 0 saturated heterocycles. The minimum Gasteiger partial charge on any atom is -0.481 e. The largest absolute Gasteiger partial charge is 0.481 e. The Morgan fingerprint density at radius 3 is 2.11 bits per heavy atom. The summed E-state index contributed by atoms with van der Waals surface area (Å²) in [6, 6.07) is 0. The number of hydrogen-bond donors (Lipinski definition) is 2. The second-order valence-corrected chi connectivity index (χ2v) is 5.42. The summed E-state index contributed by atoms with van der Waals surface area (Å²) in [6.07, 6.45) is 4.13. The molecule has 2 N–H and O–H groups in total. The van der Waals surface area contributed by atoms with Crippen LogP contribution in [0.4, 0.5) is 0 Å². The van der Waals surface area contributed by atoms with Crippen molar-refractivity contribution in [2.45, 2.75) is 59.3 Å². The molecule has 0 aromatic carbocycles. The van der Waals surface area contributed by atoms with Crippen LogP contribution in [0.15, 0.2) is 0 Å². The third-order valence-corrected chi connectivity index (χ3v) is 3.51. The lowest BCUT2D eigenvalue weighted by Crippen LogP contribution is -2.17. The first-order chi connectivity index (χ1) is 8.36. The topological polar surface area (TPSA) is 74.6 Å². The summed E-state index contributed by atoms with van der Waals surface area (Å²) in [5.41, 5.74) is 0. The van der Waals surface area contributed by atoms with Gasteiger partial charge >= 0.3 is 11.9 Å². The van der Waals surface area contributed by atoms with E-state index in [1.807, 2.05) is 6.92 Å². The molecule has 4 heteroatoms. The fourth-order valence-electron chi connectivity index (χ4n) is 2.11. The first kappa shape index (κ1) is 16.9. The van der Waals surface area contributed by atoms with E-state index >= 15 is 0 Å². The predicted octanol–water partition coefficient (Wildman–Crippen LogP) is 3.40. The number of carboxylic acids is 2. The SMILES string of the molecule is CCC(C)CC(CCCC(C)CC(=O)O)C(=O)O. The Morgan fingerprint density at radius 1 is 1.06 bits per heavy atom. The average Bonchev–Trinajstić information content (AvgIpc) is 2.26. The molecular weight excluding hydrogens is 232 g/mol. The molecule has 3 unspecified atom stereocenters. The first-order valence-corrected chi connectivity index (χ1v) is 6.81. The summed E-state index contributed by atoms with van der Waals surface area (Å²) >= 11 is 0. The Labute approximate surface area is 109 Å². The van der Waals surface area contributed by atoms with Crippen LogP contribution in [0.1, 0.15) is 59.3 Å². The van der Waals surface area contributed by atoms with Gasteiger partial charge in [-0.05, 0) is 24.7 Å². The highest BCUT2D eigenvalue weighted by molar-refractivity contribution is 5.69. The van der Waals surface area contributed by atoms with E-state index in [2.05, 4.69) is 13.8 Å². The monoisotopic (exact) mass is 258 g/mol. The van der Waals surface area contributed by atoms with E-state index in [1.165, 1.54) is 0 Å². The highest BCUT2D eigenvalue weighted by Crippen LogP contribution is 2.22. The third-order valence-electron chi connectivity index (χ3n) is 3.51. The Bertz CT molecular complexity index is 263. The highest BCUT2D eigenvalue weighted by Gasteiger charge is 2.20. The Hall–Kier alpha value is -1.06. The molecule has 0 spiro atoms. The zero-order chi connectivity index (χ0) is 14.1. The van der Waals surface area contributed by atoms with Crippen LogP contribution in [0.3, 0.4) is 0 Å². The smallest absolute Gasteiger partial charge is 0.306 e. The highest BCUT2D eigenvalue weighted by atomic mass is 16.4. The van der Waals surface area contributed by atoms with Gasteiger partial charge in [0.25, 0.3) is 0 Å². The van der Waals surface area contributed by atoms with Gasteiger partial charge in [-0.25, -0.2) is 0 Å². The quantitative estimate of drug-likeness (QED) is 0.629. The normalized spacial score (nSPS) is 15.9. The van der Waals surface area contributed by atoms with Crippen molar-refractivity contribution < 1.29 is 19.8 Å². The van der Waals surface area contributed by atoms with Gasteiger partial charge in [0.05, 0.1) is 5.92 Å². The van der Waals surface area contributed by atoms with E-state index in [4.69, 9.17) is 10.2 Å². The molecule has 0 heterocycles. The van der Waals surface area contributed by atoms with Gasteiger partial charge in [0.15, 0.2) is 0 Å². The first-order valence-electron chi connectivity index (χ1n) is 6.81. The summed E-state index contributed by atoms with van der Waals surface area (Å²) in [4.78, 5) is 21.6. The van der Waals surface area contributed by atoms with Crippen molar-refractivity contribution in [1.29, 1.82) is 0 Å². The van der Waals surface area contributed by atoms with Crippen LogP contribution < -0.4 is 0 Å². The molecule has 0 aliphatic carbocycles. The zero-order valence-electron chi connectivity index (χ0n) is 11.7. The van der Waals surface area contributed by atoms with Crippen LogP contribution in [0.25, 0.3) is 0 Å². The minimum absolute atomic E-state index is 0.126. The lowest BCUT2D eigenvalue weighted by molar-refractivity contribution is -0.143. The zero-order valence-corrected chi connectivity index (χ0v) is 11.7. The van der Waals surface area contributed by atoms with Crippen LogP contribution >= 0.6 is 0 Å². The van der Waals surface area contributed by atoms with Gasteiger partial charge in [-0.3, -0.25) is 9.59 Å². The number of carbonyl (C=O) groups is 2. The molecular formula is C14H26O4. The summed E-state index contributed by atoms with van der Waals surface area (Å²) in [5, 5.41) is 17.8. The van der Waals surface area contributed by atoms with Gasteiger partial charge in [-0.2, -0.15) is 0 Å². The number of aliphatic carboxylic acids is 2.